The Labute approximate surface area is 827 Å². The van der Waals surface area contributed by atoms with Crippen LogP contribution in [0.15, 0.2) is 364 Å². The molecule has 4 aliphatic carbocycles. The molecular formula is C136H96N8. The first-order chi connectivity index (χ1) is 70.3. The van der Waals surface area contributed by atoms with Gasteiger partial charge in [-0.2, -0.15) is 0 Å². The third kappa shape index (κ3) is 9.25. The molecule has 0 atom stereocenters. The Morgan fingerprint density at radius 3 is 0.882 bits per heavy atom. The number of aromatic nitrogens is 8. The number of rotatable bonds is 0. The molecule has 20 aromatic carbocycles. The maximum Gasteiger partial charge on any atom is 0.0626 e. The van der Waals surface area contributed by atoms with E-state index in [4.69, 9.17) is 0 Å². The molecule has 0 aliphatic heterocycles. The Hall–Kier alpha value is -17.2. The molecule has 12 aromatic heterocycles. The number of benzene rings is 20. The summed E-state index contributed by atoms with van der Waals surface area (Å²) in [5.74, 6) is 0. The van der Waals surface area contributed by atoms with Gasteiger partial charge in [0, 0.05) is 185 Å². The molecule has 0 unspecified atom stereocenters. The summed E-state index contributed by atoms with van der Waals surface area (Å²) < 4.78 is 19.7. The maximum atomic E-state index is 2.56. The highest BCUT2D eigenvalue weighted by Gasteiger charge is 2.45. The number of fused-ring (bicyclic) bond motifs is 36. The van der Waals surface area contributed by atoms with E-state index in [2.05, 4.69) is 483 Å². The number of hydrogen-bond acceptors (Lipinski definition) is 0. The third-order valence-electron chi connectivity index (χ3n) is 36.2. The van der Waals surface area contributed by atoms with Crippen molar-refractivity contribution in [2.45, 2.75) is 77.0 Å². The van der Waals surface area contributed by atoms with Gasteiger partial charge in [0.1, 0.15) is 0 Å². The molecule has 0 amide bonds. The van der Waals surface area contributed by atoms with Crippen LogP contribution >= 0.6 is 0 Å². The quantitative estimate of drug-likeness (QED) is 0.145. The molecule has 0 radical (unpaired) electrons. The van der Waals surface area contributed by atoms with Gasteiger partial charge < -0.3 is 35.9 Å². The Bertz CT molecular complexity index is 11500. The first-order valence-corrected chi connectivity index (χ1v) is 51.1. The highest BCUT2D eigenvalue weighted by Crippen LogP contribution is 2.63. The van der Waals surface area contributed by atoms with Gasteiger partial charge in [0.25, 0.3) is 0 Å². The van der Waals surface area contributed by atoms with Crippen molar-refractivity contribution in [1.82, 2.24) is 35.9 Å². The summed E-state index contributed by atoms with van der Waals surface area (Å²) in [5, 5.41) is 32.5. The lowest BCUT2D eigenvalue weighted by Gasteiger charge is -2.23. The summed E-state index contributed by atoms with van der Waals surface area (Å²) in [4.78, 5) is 0. The van der Waals surface area contributed by atoms with Gasteiger partial charge in [0.15, 0.2) is 0 Å². The van der Waals surface area contributed by atoms with E-state index in [9.17, 15) is 0 Å². The number of hydrogen-bond donors (Lipinski definition) is 0. The van der Waals surface area contributed by atoms with E-state index in [1.807, 2.05) is 0 Å². The smallest absolute Gasteiger partial charge is 0.0626 e. The summed E-state index contributed by atoms with van der Waals surface area (Å²) in [5.41, 5.74) is 48.2. The minimum Gasteiger partial charge on any atom is -0.344 e. The van der Waals surface area contributed by atoms with Crippen LogP contribution in [0.5, 0.6) is 0 Å². The topological polar surface area (TPSA) is 37.4 Å². The van der Waals surface area contributed by atoms with Crippen molar-refractivity contribution in [3.63, 3.8) is 0 Å². The summed E-state index contributed by atoms with van der Waals surface area (Å²) in [6.07, 6.45) is 0. The number of para-hydroxylation sites is 5. The van der Waals surface area contributed by atoms with Gasteiger partial charge in [-0.05, 0) is 220 Å². The standard InChI is InChI=1S/4C34H24N2/c1-34(2)23-14-6-4-11-21(23)29-24(34)18-28-32-30(29)22-13-8-12-20-19-10-5-7-15-25(19)36(33(20)22)27-17-9-16-26(31(27)32)35(28)3;1-34(2)23-13-6-4-11-20(23)29-24(34)18-22-19-10-5-7-14-25(19)36-28-17-9-16-27-32(28)30-21(31(29)33(22)36)12-8-15-26(30)35(27)3;1-34(2)23-13-6-4-10-20(23)29-24(34)18-22-19-12-8-15-26-30(19)32-27(35(26)3)16-9-17-28(32)36-25-14-7-5-11-21(25)31(29)33(22)36;1-34(2)24-13-6-4-10-19(24)22-18-23-20-11-5-7-14-25(20)36-28-17-9-16-27-31(28)29-21(30(32(22)34)33(23)36)12-8-15-26(29)35(27)3/h4*4-18H,1-3H3. The lowest BCUT2D eigenvalue weighted by atomic mass is 9.80. The average Bonchev–Trinajstić information content (AvgIpc) is 1.53. The fraction of sp³-hybridized carbons (Fsp3) is 0.118. The highest BCUT2D eigenvalue weighted by atomic mass is 15.0. The van der Waals surface area contributed by atoms with Gasteiger partial charge >= 0.3 is 0 Å². The summed E-state index contributed by atoms with van der Waals surface area (Å²) in [6.45, 7) is 19.2. The molecule has 0 N–H and O–H groups in total. The van der Waals surface area contributed by atoms with Crippen molar-refractivity contribution < 1.29 is 0 Å². The molecule has 680 valence electrons. The Balaban J connectivity index is 0.0000000844. The Morgan fingerprint density at radius 1 is 0.146 bits per heavy atom. The molecule has 8 heteroatoms. The van der Waals surface area contributed by atoms with Crippen LogP contribution < -0.4 is 0 Å². The van der Waals surface area contributed by atoms with E-state index in [1.165, 1.54) is 329 Å². The van der Waals surface area contributed by atoms with Crippen LogP contribution in [0.2, 0.25) is 0 Å². The van der Waals surface area contributed by atoms with Crippen LogP contribution in [-0.4, -0.2) is 35.9 Å². The van der Waals surface area contributed by atoms with Crippen molar-refractivity contribution >= 4 is 240 Å². The van der Waals surface area contributed by atoms with E-state index in [0.717, 1.165) is 0 Å². The minimum atomic E-state index is -0.0939. The second-order valence-corrected chi connectivity index (χ2v) is 44.1. The molecule has 0 fully saturated rings. The van der Waals surface area contributed by atoms with Gasteiger partial charge in [-0.15, -0.1) is 0 Å². The molecule has 144 heavy (non-hydrogen) atoms. The fourth-order valence-electron chi connectivity index (χ4n) is 30.0. The van der Waals surface area contributed by atoms with Crippen molar-refractivity contribution in [2.24, 2.45) is 28.2 Å². The van der Waals surface area contributed by atoms with E-state index < -0.39 is 0 Å². The van der Waals surface area contributed by atoms with Crippen molar-refractivity contribution in [3.05, 3.63) is 408 Å². The van der Waals surface area contributed by atoms with Gasteiger partial charge in [0.05, 0.1) is 88.3 Å². The van der Waals surface area contributed by atoms with Crippen LogP contribution in [0.3, 0.4) is 0 Å². The zero-order valence-electron chi connectivity index (χ0n) is 82.2. The molecule has 0 saturated heterocycles. The fourth-order valence-corrected chi connectivity index (χ4v) is 30.0. The predicted octanol–water partition coefficient (Wildman–Crippen LogP) is 35.2. The molecule has 8 nitrogen and oxygen atoms in total. The molecular weight excluding hydrogens is 1750 g/mol. The maximum absolute atomic E-state index is 2.56. The second-order valence-electron chi connectivity index (χ2n) is 44.1. The van der Waals surface area contributed by atoms with Crippen molar-refractivity contribution in [3.8, 4) is 44.5 Å². The van der Waals surface area contributed by atoms with Crippen molar-refractivity contribution in [1.29, 1.82) is 0 Å². The molecule has 0 bridgehead atoms. The first-order valence-electron chi connectivity index (χ1n) is 51.1. The average molecular weight is 1840 g/mol. The van der Waals surface area contributed by atoms with Gasteiger partial charge in [0.2, 0.25) is 0 Å². The van der Waals surface area contributed by atoms with E-state index in [0.29, 0.717) is 0 Å². The first kappa shape index (κ1) is 79.6. The third-order valence-corrected chi connectivity index (χ3v) is 36.2. The monoisotopic (exact) mass is 1840 g/mol. The zero-order chi connectivity index (χ0) is 95.7. The van der Waals surface area contributed by atoms with E-state index in [1.54, 1.807) is 0 Å². The normalized spacial score (nSPS) is 14.8. The second kappa shape index (κ2) is 26.7. The van der Waals surface area contributed by atoms with Crippen LogP contribution in [0.25, 0.3) is 284 Å². The largest absolute Gasteiger partial charge is 0.344 e. The number of aryl methyl sites for hydroxylation is 4. The molecule has 12 heterocycles. The van der Waals surface area contributed by atoms with Gasteiger partial charge in [-0.1, -0.05) is 304 Å². The molecule has 32 aromatic rings. The lowest BCUT2D eigenvalue weighted by molar-refractivity contribution is 0.661. The highest BCUT2D eigenvalue weighted by molar-refractivity contribution is 6.39. The Morgan fingerprint density at radius 2 is 0.417 bits per heavy atom. The molecule has 4 aliphatic rings. The van der Waals surface area contributed by atoms with E-state index >= 15 is 0 Å². The molecule has 0 spiro atoms. The van der Waals surface area contributed by atoms with E-state index in [-0.39, 0.29) is 21.7 Å². The van der Waals surface area contributed by atoms with Gasteiger partial charge in [-0.3, -0.25) is 0 Å². The van der Waals surface area contributed by atoms with Crippen molar-refractivity contribution in [2.75, 3.05) is 0 Å². The van der Waals surface area contributed by atoms with Crippen LogP contribution in [0.1, 0.15) is 99.9 Å². The minimum absolute atomic E-state index is 0.0528. The van der Waals surface area contributed by atoms with Crippen LogP contribution in [0, 0.1) is 0 Å². The SMILES string of the molecule is Cn1c2cc3c(c4c5cccc6c7ccccc7n(c7cccc1c7c42)c65)-c1ccccc1C3(C)C.Cn1c2cccc3c4c5c(cc6c7ccccc7n(c7cccc1c7c32)c64)-c1ccccc1C5(C)C.Cn1c2cccc3c4c5c(cc6c7ccccc7n(c7cccc1c7c32)c64)C(C)(C)c1ccccc1-5.Cn1c2cccc3c4cc5c(c6c7ccccc7n(c7cccc1c7c32)c46)-c1ccccc1C5(C)C. The van der Waals surface area contributed by atoms with Gasteiger partial charge in [-0.25, -0.2) is 0 Å². The number of nitrogens with zero attached hydrogens (tertiary/aromatic N) is 8. The van der Waals surface area contributed by atoms with Crippen LogP contribution in [-0.2, 0) is 49.9 Å². The Kier molecular flexibility index (Phi) is 14.8. The summed E-state index contributed by atoms with van der Waals surface area (Å²) in [6, 6.07) is 137. The zero-order valence-corrected chi connectivity index (χ0v) is 82.2. The molecule has 36 rings (SSSR count). The predicted molar refractivity (Wildman–Crippen MR) is 611 cm³/mol. The summed E-state index contributed by atoms with van der Waals surface area (Å²) >= 11 is 0. The lowest BCUT2D eigenvalue weighted by Crippen LogP contribution is -2.15. The van der Waals surface area contributed by atoms with Crippen LogP contribution in [0.4, 0.5) is 0 Å². The summed E-state index contributed by atoms with van der Waals surface area (Å²) in [7, 11) is 8.85. The molecule has 0 saturated carbocycles.